The number of rotatable bonds is 6. The molecule has 3 heterocycles. The zero-order valence-corrected chi connectivity index (χ0v) is 17.3. The van der Waals surface area contributed by atoms with Gasteiger partial charge in [-0.25, -0.2) is 4.98 Å². The number of hydrogen-bond acceptors (Lipinski definition) is 5. The number of hydrogen-bond donors (Lipinski definition) is 1. The second-order valence-electron chi connectivity index (χ2n) is 6.25. The quantitative estimate of drug-likeness (QED) is 0.783. The van der Waals surface area contributed by atoms with E-state index in [2.05, 4.69) is 15.3 Å². The van der Waals surface area contributed by atoms with Crippen molar-refractivity contribution in [2.24, 2.45) is 5.92 Å². The Bertz CT molecular complexity index is 660. The third-order valence-corrected chi connectivity index (χ3v) is 5.45. The molecule has 5 nitrogen and oxygen atoms in total. The van der Waals surface area contributed by atoms with Crippen molar-refractivity contribution in [3.63, 3.8) is 0 Å². The monoisotopic (exact) mass is 416 g/mol. The van der Waals surface area contributed by atoms with Crippen LogP contribution in [0, 0.1) is 5.92 Å². The van der Waals surface area contributed by atoms with E-state index in [4.69, 9.17) is 0 Å². The van der Waals surface area contributed by atoms with Crippen LogP contribution in [0.15, 0.2) is 29.8 Å². The van der Waals surface area contributed by atoms with E-state index in [1.54, 1.807) is 17.5 Å². The van der Waals surface area contributed by atoms with E-state index in [1.165, 1.54) is 6.42 Å². The summed E-state index contributed by atoms with van der Waals surface area (Å²) in [6.07, 6.45) is 5.59. The minimum atomic E-state index is 0. The summed E-state index contributed by atoms with van der Waals surface area (Å²) in [7, 11) is 1.99. The van der Waals surface area contributed by atoms with Crippen LogP contribution in [-0.2, 0) is 11.2 Å². The fourth-order valence-electron chi connectivity index (χ4n) is 3.08. The molecule has 2 aromatic heterocycles. The molecule has 0 aromatic carbocycles. The number of pyridine rings is 1. The van der Waals surface area contributed by atoms with E-state index < -0.39 is 0 Å². The third-order valence-electron chi connectivity index (χ3n) is 4.54. The minimum absolute atomic E-state index is 0. The second-order valence-corrected chi connectivity index (χ2v) is 7.11. The molecule has 1 amide bonds. The van der Waals surface area contributed by atoms with Gasteiger partial charge in [0.2, 0.25) is 5.91 Å². The molecule has 3 rings (SSSR count). The minimum Gasteiger partial charge on any atom is -0.342 e. The number of nitrogens with zero attached hydrogens (tertiary/aromatic N) is 3. The average molecular weight is 417 g/mol. The molecule has 0 aliphatic carbocycles. The van der Waals surface area contributed by atoms with Crippen LogP contribution in [0.25, 0.3) is 10.7 Å². The SMILES string of the molecule is CNCCC1CCN(C(=O)Cc2csc(-c3ccccn3)n2)CC1.Cl.Cl. The van der Waals surface area contributed by atoms with E-state index >= 15 is 0 Å². The molecule has 1 aliphatic rings. The molecule has 1 aliphatic heterocycles. The van der Waals surface area contributed by atoms with Crippen LogP contribution in [0.3, 0.4) is 0 Å². The smallest absolute Gasteiger partial charge is 0.228 e. The first-order chi connectivity index (χ1) is 11.8. The highest BCUT2D eigenvalue weighted by molar-refractivity contribution is 7.13. The molecule has 0 radical (unpaired) electrons. The predicted molar refractivity (Wildman–Crippen MR) is 111 cm³/mol. The highest BCUT2D eigenvalue weighted by Crippen LogP contribution is 2.23. The first-order valence-corrected chi connectivity index (χ1v) is 9.42. The Labute approximate surface area is 171 Å². The van der Waals surface area contributed by atoms with Gasteiger partial charge in [-0.15, -0.1) is 36.2 Å². The highest BCUT2D eigenvalue weighted by Gasteiger charge is 2.23. The Morgan fingerprint density at radius 2 is 2.08 bits per heavy atom. The summed E-state index contributed by atoms with van der Waals surface area (Å²) in [5, 5.41) is 6.06. The number of thiazole rings is 1. The number of halogens is 2. The van der Waals surface area contributed by atoms with Crippen LogP contribution in [0.5, 0.6) is 0 Å². The first-order valence-electron chi connectivity index (χ1n) is 8.54. The zero-order valence-electron chi connectivity index (χ0n) is 14.9. The molecule has 0 spiro atoms. The van der Waals surface area contributed by atoms with E-state index in [9.17, 15) is 4.79 Å². The van der Waals surface area contributed by atoms with Gasteiger partial charge >= 0.3 is 0 Å². The standard InChI is InChI=1S/C18H24N4OS.2ClH/c1-19-9-5-14-6-10-22(11-7-14)17(23)12-15-13-24-18(21-15)16-4-2-3-8-20-16;;/h2-4,8,13-14,19H,5-7,9-12H2,1H3;2*1H. The van der Waals surface area contributed by atoms with Crippen molar-refractivity contribution in [2.45, 2.75) is 25.7 Å². The third kappa shape index (κ3) is 6.20. The van der Waals surface area contributed by atoms with Gasteiger partial charge in [0.25, 0.3) is 0 Å². The van der Waals surface area contributed by atoms with Gasteiger partial charge < -0.3 is 10.2 Å². The molecule has 1 fully saturated rings. The van der Waals surface area contributed by atoms with Crippen LogP contribution in [0.2, 0.25) is 0 Å². The number of carbonyl (C=O) groups is 1. The van der Waals surface area contributed by atoms with Crippen molar-refractivity contribution >= 4 is 42.1 Å². The summed E-state index contributed by atoms with van der Waals surface area (Å²) in [4.78, 5) is 23.4. The number of nitrogens with one attached hydrogen (secondary N) is 1. The molecule has 0 atom stereocenters. The number of piperidine rings is 1. The Morgan fingerprint density at radius 1 is 1.31 bits per heavy atom. The molecule has 0 saturated carbocycles. The van der Waals surface area contributed by atoms with E-state index in [-0.39, 0.29) is 30.7 Å². The molecule has 2 aromatic rings. The second kappa shape index (κ2) is 11.5. The fourth-order valence-corrected chi connectivity index (χ4v) is 3.88. The van der Waals surface area contributed by atoms with Crippen LogP contribution >= 0.6 is 36.2 Å². The Kier molecular flexibility index (Phi) is 10.1. The molecule has 144 valence electrons. The van der Waals surface area contributed by atoms with Crippen LogP contribution in [0.1, 0.15) is 25.0 Å². The van der Waals surface area contributed by atoms with Gasteiger partial charge in [-0.1, -0.05) is 6.07 Å². The van der Waals surface area contributed by atoms with Crippen molar-refractivity contribution in [1.82, 2.24) is 20.2 Å². The number of carbonyl (C=O) groups excluding carboxylic acids is 1. The maximum Gasteiger partial charge on any atom is 0.228 e. The van der Waals surface area contributed by atoms with Crippen LogP contribution in [0.4, 0.5) is 0 Å². The zero-order chi connectivity index (χ0) is 16.8. The highest BCUT2D eigenvalue weighted by atomic mass is 35.5. The van der Waals surface area contributed by atoms with Crippen molar-refractivity contribution < 1.29 is 4.79 Å². The largest absolute Gasteiger partial charge is 0.342 e. The van der Waals surface area contributed by atoms with Gasteiger partial charge in [0, 0.05) is 24.7 Å². The first kappa shape index (κ1) is 22.8. The fraction of sp³-hybridized carbons (Fsp3) is 0.500. The van der Waals surface area contributed by atoms with Crippen molar-refractivity contribution in [1.29, 1.82) is 0 Å². The number of amides is 1. The Hall–Kier alpha value is -1.21. The normalized spacial score (nSPS) is 14.4. The van der Waals surface area contributed by atoms with E-state index in [0.717, 1.165) is 54.8 Å². The summed E-state index contributed by atoms with van der Waals surface area (Å²) in [5.41, 5.74) is 1.72. The predicted octanol–water partition coefficient (Wildman–Crippen LogP) is 3.44. The molecular weight excluding hydrogens is 391 g/mol. The van der Waals surface area contributed by atoms with Crippen molar-refractivity contribution in [2.75, 3.05) is 26.7 Å². The summed E-state index contributed by atoms with van der Waals surface area (Å²) < 4.78 is 0. The lowest BCUT2D eigenvalue weighted by atomic mass is 9.93. The van der Waals surface area contributed by atoms with E-state index in [0.29, 0.717) is 6.42 Å². The van der Waals surface area contributed by atoms with Crippen molar-refractivity contribution in [3.8, 4) is 10.7 Å². The number of likely N-dealkylation sites (tertiary alicyclic amines) is 1. The van der Waals surface area contributed by atoms with Gasteiger partial charge in [0.1, 0.15) is 5.01 Å². The van der Waals surface area contributed by atoms with Crippen molar-refractivity contribution in [3.05, 3.63) is 35.5 Å². The van der Waals surface area contributed by atoms with Gasteiger partial charge in [-0.3, -0.25) is 9.78 Å². The van der Waals surface area contributed by atoms with Gasteiger partial charge in [0.05, 0.1) is 17.8 Å². The van der Waals surface area contributed by atoms with Gasteiger partial charge in [-0.2, -0.15) is 0 Å². The molecule has 1 saturated heterocycles. The Morgan fingerprint density at radius 3 is 2.73 bits per heavy atom. The summed E-state index contributed by atoms with van der Waals surface area (Å²) in [5.74, 6) is 0.941. The average Bonchev–Trinajstić information content (AvgIpc) is 3.09. The van der Waals surface area contributed by atoms with Crippen LogP contribution in [-0.4, -0.2) is 47.5 Å². The van der Waals surface area contributed by atoms with Crippen LogP contribution < -0.4 is 5.32 Å². The molecule has 0 bridgehead atoms. The summed E-state index contributed by atoms with van der Waals surface area (Å²) in [6, 6.07) is 5.79. The topological polar surface area (TPSA) is 58.1 Å². The number of aromatic nitrogens is 2. The molecule has 26 heavy (non-hydrogen) atoms. The van der Waals surface area contributed by atoms with Gasteiger partial charge in [0.15, 0.2) is 0 Å². The summed E-state index contributed by atoms with van der Waals surface area (Å²) in [6.45, 7) is 2.82. The molecule has 1 N–H and O–H groups in total. The lowest BCUT2D eigenvalue weighted by Gasteiger charge is -2.32. The maximum absolute atomic E-state index is 12.5. The Balaban J connectivity index is 0.00000169. The lowest BCUT2D eigenvalue weighted by molar-refractivity contribution is -0.131. The summed E-state index contributed by atoms with van der Waals surface area (Å²) >= 11 is 1.55. The molecule has 8 heteroatoms. The maximum atomic E-state index is 12.5. The molecule has 0 unspecified atom stereocenters. The molecular formula is C18H26Cl2N4OS. The van der Waals surface area contributed by atoms with E-state index in [1.807, 2.05) is 35.5 Å². The van der Waals surface area contributed by atoms with Gasteiger partial charge in [-0.05, 0) is 50.9 Å². The lowest BCUT2D eigenvalue weighted by Crippen LogP contribution is -2.39.